The summed E-state index contributed by atoms with van der Waals surface area (Å²) in [6.45, 7) is 7.41. The number of anilines is 1. The van der Waals surface area contributed by atoms with Gasteiger partial charge >= 0.3 is 5.69 Å². The van der Waals surface area contributed by atoms with Crippen molar-refractivity contribution in [2.45, 2.75) is 20.0 Å². The lowest BCUT2D eigenvalue weighted by Crippen LogP contribution is -3.13. The van der Waals surface area contributed by atoms with Crippen LogP contribution in [0.15, 0.2) is 39.9 Å². The molecular formula is C19H25N6O2+. The molecule has 0 aliphatic carbocycles. The quantitative estimate of drug-likeness (QED) is 0.640. The van der Waals surface area contributed by atoms with E-state index >= 15 is 0 Å². The number of nitrogens with one attached hydrogen (secondary N) is 2. The van der Waals surface area contributed by atoms with Crippen molar-refractivity contribution in [1.29, 1.82) is 0 Å². The number of hydrogen-bond acceptors (Lipinski definition) is 4. The van der Waals surface area contributed by atoms with E-state index in [0.29, 0.717) is 17.7 Å². The predicted molar refractivity (Wildman–Crippen MR) is 104 cm³/mol. The molecule has 1 saturated heterocycles. The van der Waals surface area contributed by atoms with Crippen LogP contribution in [0.1, 0.15) is 12.5 Å². The molecule has 1 aliphatic heterocycles. The lowest BCUT2D eigenvalue weighted by atomic mass is 10.2. The first-order chi connectivity index (χ1) is 13.1. The van der Waals surface area contributed by atoms with Gasteiger partial charge in [-0.2, -0.15) is 4.98 Å². The van der Waals surface area contributed by atoms with Crippen molar-refractivity contribution < 1.29 is 4.90 Å². The maximum atomic E-state index is 12.3. The van der Waals surface area contributed by atoms with Crippen molar-refractivity contribution in [3.8, 4) is 0 Å². The molecule has 0 spiro atoms. The molecule has 1 aliphatic rings. The molecule has 0 radical (unpaired) electrons. The molecule has 0 bridgehead atoms. The molecule has 8 heteroatoms. The summed E-state index contributed by atoms with van der Waals surface area (Å²) < 4.78 is 3.32. The number of benzene rings is 1. The van der Waals surface area contributed by atoms with Gasteiger partial charge in [-0.05, 0) is 6.92 Å². The fraction of sp³-hybridized carbons (Fsp3) is 0.421. The van der Waals surface area contributed by atoms with Crippen molar-refractivity contribution in [2.24, 2.45) is 7.05 Å². The van der Waals surface area contributed by atoms with Gasteiger partial charge in [0.05, 0.1) is 26.2 Å². The lowest BCUT2D eigenvalue weighted by molar-refractivity contribution is -0.914. The van der Waals surface area contributed by atoms with Gasteiger partial charge in [0.15, 0.2) is 11.2 Å². The molecule has 0 atom stereocenters. The minimum atomic E-state index is -0.433. The largest absolute Gasteiger partial charge is 0.331 e. The highest BCUT2D eigenvalue weighted by Gasteiger charge is 2.26. The molecule has 3 aromatic rings. The summed E-state index contributed by atoms with van der Waals surface area (Å²) in [5, 5.41) is 0. The summed E-state index contributed by atoms with van der Waals surface area (Å²) in [7, 11) is 1.64. The molecule has 0 amide bonds. The number of quaternary nitrogens is 1. The summed E-state index contributed by atoms with van der Waals surface area (Å²) in [6.07, 6.45) is 0. The van der Waals surface area contributed by atoms with E-state index in [2.05, 4.69) is 39.1 Å². The number of piperazine rings is 1. The van der Waals surface area contributed by atoms with Crippen LogP contribution in [0.2, 0.25) is 0 Å². The molecule has 0 unspecified atom stereocenters. The Labute approximate surface area is 156 Å². The highest BCUT2D eigenvalue weighted by Crippen LogP contribution is 2.19. The van der Waals surface area contributed by atoms with Crippen LogP contribution in [0.3, 0.4) is 0 Å². The first kappa shape index (κ1) is 17.5. The lowest BCUT2D eigenvalue weighted by Gasteiger charge is -2.33. The van der Waals surface area contributed by atoms with Crippen LogP contribution in [0.5, 0.6) is 0 Å². The summed E-state index contributed by atoms with van der Waals surface area (Å²) >= 11 is 0. The van der Waals surface area contributed by atoms with E-state index in [4.69, 9.17) is 0 Å². The van der Waals surface area contributed by atoms with Crippen LogP contribution in [-0.4, -0.2) is 45.3 Å². The van der Waals surface area contributed by atoms with E-state index < -0.39 is 5.69 Å². The molecule has 1 fully saturated rings. The van der Waals surface area contributed by atoms with Crippen molar-refractivity contribution in [3.63, 3.8) is 0 Å². The number of hydrogen-bond donors (Lipinski definition) is 2. The van der Waals surface area contributed by atoms with Crippen LogP contribution >= 0.6 is 0 Å². The monoisotopic (exact) mass is 369 g/mol. The minimum Gasteiger partial charge on any atom is -0.331 e. The van der Waals surface area contributed by atoms with Crippen molar-refractivity contribution in [2.75, 3.05) is 31.1 Å². The Morgan fingerprint density at radius 2 is 1.85 bits per heavy atom. The minimum absolute atomic E-state index is 0.373. The number of rotatable bonds is 4. The van der Waals surface area contributed by atoms with Crippen LogP contribution in [-0.2, 0) is 20.1 Å². The van der Waals surface area contributed by atoms with E-state index in [-0.39, 0.29) is 5.56 Å². The van der Waals surface area contributed by atoms with Gasteiger partial charge in [-0.15, -0.1) is 0 Å². The molecule has 27 heavy (non-hydrogen) atoms. The molecule has 2 N–H and O–H groups in total. The average molecular weight is 369 g/mol. The summed E-state index contributed by atoms with van der Waals surface area (Å²) in [4.78, 5) is 35.0. The smallest absolute Gasteiger partial charge is 0.329 e. The third-order valence-electron chi connectivity index (χ3n) is 5.35. The zero-order valence-corrected chi connectivity index (χ0v) is 15.7. The predicted octanol–water partition coefficient (Wildman–Crippen LogP) is -0.652. The van der Waals surface area contributed by atoms with Crippen molar-refractivity contribution in [1.82, 2.24) is 19.1 Å². The highest BCUT2D eigenvalue weighted by atomic mass is 16.2. The van der Waals surface area contributed by atoms with E-state index in [9.17, 15) is 9.59 Å². The topological polar surface area (TPSA) is 80.4 Å². The number of aromatic amines is 1. The zero-order valence-electron chi connectivity index (χ0n) is 15.7. The Bertz CT molecular complexity index is 1060. The third-order valence-corrected chi connectivity index (χ3v) is 5.35. The summed E-state index contributed by atoms with van der Waals surface area (Å²) in [6, 6.07) is 10.5. The Morgan fingerprint density at radius 1 is 1.15 bits per heavy atom. The van der Waals surface area contributed by atoms with Gasteiger partial charge in [0.1, 0.15) is 6.54 Å². The number of imidazole rings is 1. The van der Waals surface area contributed by atoms with Crippen molar-refractivity contribution in [3.05, 3.63) is 56.7 Å². The maximum Gasteiger partial charge on any atom is 0.329 e. The van der Waals surface area contributed by atoms with Crippen LogP contribution < -0.4 is 21.0 Å². The van der Waals surface area contributed by atoms with Gasteiger partial charge in [0, 0.05) is 19.2 Å². The number of aromatic nitrogens is 4. The third kappa shape index (κ3) is 3.16. The Hall–Kier alpha value is -2.87. The normalized spacial score (nSPS) is 15.6. The number of nitrogens with zero attached hydrogens (tertiary/aromatic N) is 4. The van der Waals surface area contributed by atoms with Crippen LogP contribution in [0.25, 0.3) is 11.2 Å². The summed E-state index contributed by atoms with van der Waals surface area (Å²) in [5.74, 6) is 0.776. The Morgan fingerprint density at radius 3 is 2.52 bits per heavy atom. The van der Waals surface area contributed by atoms with Crippen LogP contribution in [0, 0.1) is 0 Å². The molecule has 2 aromatic heterocycles. The standard InChI is InChI=1S/C19H24N6O2/c1-3-25-15-16(22(2)19(27)21-17(15)26)20-18(25)24-11-9-23(10-12-24)13-14-7-5-4-6-8-14/h4-8H,3,9-13H2,1-2H3,(H,21,26,27)/p+1. The van der Waals surface area contributed by atoms with Crippen molar-refractivity contribution >= 4 is 17.1 Å². The Kier molecular flexibility index (Phi) is 4.57. The molecule has 1 aromatic carbocycles. The fourth-order valence-electron chi connectivity index (χ4n) is 3.85. The highest BCUT2D eigenvalue weighted by molar-refractivity contribution is 5.74. The number of aryl methyl sites for hydroxylation is 2. The van der Waals surface area contributed by atoms with E-state index in [1.165, 1.54) is 10.1 Å². The van der Waals surface area contributed by atoms with Gasteiger partial charge in [-0.25, -0.2) is 4.79 Å². The second-order valence-electron chi connectivity index (χ2n) is 7.05. The zero-order chi connectivity index (χ0) is 19.0. The van der Waals surface area contributed by atoms with Gasteiger partial charge < -0.3 is 14.4 Å². The van der Waals surface area contributed by atoms with Gasteiger partial charge in [-0.1, -0.05) is 30.3 Å². The molecule has 142 valence electrons. The van der Waals surface area contributed by atoms with Gasteiger partial charge in [0.2, 0.25) is 5.95 Å². The molecule has 8 nitrogen and oxygen atoms in total. The first-order valence-electron chi connectivity index (χ1n) is 9.40. The molecule has 0 saturated carbocycles. The van der Waals surface area contributed by atoms with E-state index in [0.717, 1.165) is 38.7 Å². The molecule has 3 heterocycles. The van der Waals surface area contributed by atoms with E-state index in [1.807, 2.05) is 17.6 Å². The van der Waals surface area contributed by atoms with E-state index in [1.54, 1.807) is 11.9 Å². The van der Waals surface area contributed by atoms with Gasteiger partial charge in [0.25, 0.3) is 5.56 Å². The van der Waals surface area contributed by atoms with Crippen LogP contribution in [0.4, 0.5) is 5.95 Å². The molecule has 4 rings (SSSR count). The Balaban J connectivity index is 1.59. The average Bonchev–Trinajstić information content (AvgIpc) is 3.08. The number of H-pyrrole nitrogens is 1. The first-order valence-corrected chi connectivity index (χ1v) is 9.40. The molecular weight excluding hydrogens is 344 g/mol. The maximum absolute atomic E-state index is 12.3. The second-order valence-corrected chi connectivity index (χ2v) is 7.05. The second kappa shape index (κ2) is 7.03. The van der Waals surface area contributed by atoms with Gasteiger partial charge in [-0.3, -0.25) is 14.3 Å². The summed E-state index contributed by atoms with van der Waals surface area (Å²) in [5.41, 5.74) is 1.45. The SMILES string of the molecule is CCn1c(N2CC[NH+](Cc3ccccc3)CC2)nc2c1c(=O)[nH]c(=O)n2C. The number of fused-ring (bicyclic) bond motifs is 1. The fourth-order valence-corrected chi connectivity index (χ4v) is 3.85.